The van der Waals surface area contributed by atoms with Gasteiger partial charge in [-0.15, -0.1) is 0 Å². The Hall–Kier alpha value is -1.42. The van der Waals surface area contributed by atoms with Crippen molar-refractivity contribution < 1.29 is 19.7 Å². The molecule has 2 saturated heterocycles. The van der Waals surface area contributed by atoms with Gasteiger partial charge < -0.3 is 30.3 Å². The minimum atomic E-state index is -0.534. The molecule has 2 aliphatic rings. The predicted octanol–water partition coefficient (Wildman–Crippen LogP) is 0.120. The SMILES string of the molecule is Cc1c(NCC(O)N2CCOCC2)cccc1NCC(O)N1CCOCC1. The topological polar surface area (TPSA) is 89.5 Å². The molecule has 0 saturated carbocycles. The second-order valence-electron chi connectivity index (χ2n) is 7.00. The van der Waals surface area contributed by atoms with Crippen LogP contribution in [0.2, 0.25) is 0 Å². The Labute approximate surface area is 161 Å². The summed E-state index contributed by atoms with van der Waals surface area (Å²) >= 11 is 0. The fraction of sp³-hybridized carbons (Fsp3) is 0.684. The van der Waals surface area contributed by atoms with E-state index in [2.05, 4.69) is 10.6 Å². The maximum Gasteiger partial charge on any atom is 0.124 e. The van der Waals surface area contributed by atoms with Gasteiger partial charge >= 0.3 is 0 Å². The molecule has 152 valence electrons. The lowest BCUT2D eigenvalue weighted by Crippen LogP contribution is -2.46. The molecule has 8 nitrogen and oxygen atoms in total. The fourth-order valence-electron chi connectivity index (χ4n) is 3.43. The van der Waals surface area contributed by atoms with Crippen molar-refractivity contribution in [1.29, 1.82) is 0 Å². The standard InChI is InChI=1S/C19H32N4O4/c1-15-16(20-13-18(24)22-5-9-26-10-6-22)3-2-4-17(15)21-14-19(25)23-7-11-27-12-8-23/h2-4,18-21,24-25H,5-14H2,1H3. The van der Waals surface area contributed by atoms with Gasteiger partial charge in [0, 0.05) is 37.6 Å². The number of benzene rings is 1. The molecule has 4 N–H and O–H groups in total. The first-order chi connectivity index (χ1) is 13.1. The Morgan fingerprint density at radius 3 is 1.67 bits per heavy atom. The van der Waals surface area contributed by atoms with Gasteiger partial charge in [-0.05, 0) is 24.6 Å². The number of nitrogens with zero attached hydrogens (tertiary/aromatic N) is 2. The third kappa shape index (κ3) is 5.78. The number of anilines is 2. The molecule has 0 radical (unpaired) electrons. The number of hydrogen-bond donors (Lipinski definition) is 4. The van der Waals surface area contributed by atoms with Gasteiger partial charge in [-0.25, -0.2) is 0 Å². The van der Waals surface area contributed by atoms with Gasteiger partial charge in [0.1, 0.15) is 12.5 Å². The lowest BCUT2D eigenvalue weighted by atomic mass is 10.1. The average Bonchev–Trinajstić information content (AvgIpc) is 2.73. The van der Waals surface area contributed by atoms with Crippen LogP contribution in [-0.4, -0.2) is 98.2 Å². The highest BCUT2D eigenvalue weighted by Gasteiger charge is 2.20. The summed E-state index contributed by atoms with van der Waals surface area (Å²) < 4.78 is 10.7. The number of nitrogens with one attached hydrogen (secondary N) is 2. The van der Waals surface area contributed by atoms with Crippen LogP contribution in [-0.2, 0) is 9.47 Å². The zero-order chi connectivity index (χ0) is 19.1. The molecule has 0 bridgehead atoms. The number of morpholine rings is 2. The van der Waals surface area contributed by atoms with E-state index in [4.69, 9.17) is 9.47 Å². The summed E-state index contributed by atoms with van der Waals surface area (Å²) in [7, 11) is 0. The Balaban J connectivity index is 1.50. The maximum absolute atomic E-state index is 10.4. The van der Waals surface area contributed by atoms with Crippen LogP contribution in [0.4, 0.5) is 11.4 Å². The van der Waals surface area contributed by atoms with Crippen molar-refractivity contribution >= 4 is 11.4 Å². The van der Waals surface area contributed by atoms with Crippen molar-refractivity contribution in [3.63, 3.8) is 0 Å². The summed E-state index contributed by atoms with van der Waals surface area (Å²) in [4.78, 5) is 4.04. The zero-order valence-corrected chi connectivity index (χ0v) is 16.1. The fourth-order valence-corrected chi connectivity index (χ4v) is 3.43. The summed E-state index contributed by atoms with van der Waals surface area (Å²) in [5.74, 6) is 0. The third-order valence-electron chi connectivity index (χ3n) is 5.22. The van der Waals surface area contributed by atoms with Gasteiger partial charge in [0.25, 0.3) is 0 Å². The van der Waals surface area contributed by atoms with Crippen molar-refractivity contribution in [3.8, 4) is 0 Å². The molecule has 0 aromatic heterocycles. The van der Waals surface area contributed by atoms with Crippen molar-refractivity contribution in [2.45, 2.75) is 19.4 Å². The van der Waals surface area contributed by atoms with Crippen LogP contribution in [0.25, 0.3) is 0 Å². The number of hydrogen-bond acceptors (Lipinski definition) is 8. The van der Waals surface area contributed by atoms with E-state index in [-0.39, 0.29) is 0 Å². The Morgan fingerprint density at radius 2 is 1.26 bits per heavy atom. The third-order valence-corrected chi connectivity index (χ3v) is 5.22. The van der Waals surface area contributed by atoms with Gasteiger partial charge in [-0.2, -0.15) is 0 Å². The normalized spacial score (nSPS) is 21.6. The molecule has 2 heterocycles. The second-order valence-corrected chi connectivity index (χ2v) is 7.00. The first-order valence-electron chi connectivity index (χ1n) is 9.72. The summed E-state index contributed by atoms with van der Waals surface area (Å²) in [6.07, 6.45) is -1.07. The Kier molecular flexibility index (Phi) is 7.69. The lowest BCUT2D eigenvalue weighted by Gasteiger charge is -2.32. The highest BCUT2D eigenvalue weighted by molar-refractivity contribution is 5.65. The van der Waals surface area contributed by atoms with E-state index >= 15 is 0 Å². The van der Waals surface area contributed by atoms with Crippen LogP contribution in [0.15, 0.2) is 18.2 Å². The lowest BCUT2D eigenvalue weighted by molar-refractivity contribution is -0.0515. The largest absolute Gasteiger partial charge is 0.381 e. The van der Waals surface area contributed by atoms with Gasteiger partial charge in [-0.3, -0.25) is 9.80 Å². The molecule has 2 aliphatic heterocycles. The number of rotatable bonds is 8. The van der Waals surface area contributed by atoms with E-state index in [1.165, 1.54) is 0 Å². The molecule has 1 aromatic rings. The highest BCUT2D eigenvalue weighted by Crippen LogP contribution is 2.23. The molecular weight excluding hydrogens is 348 g/mol. The van der Waals surface area contributed by atoms with Crippen LogP contribution in [0.5, 0.6) is 0 Å². The van der Waals surface area contributed by atoms with E-state index in [0.29, 0.717) is 39.5 Å². The van der Waals surface area contributed by atoms with Gasteiger partial charge in [0.2, 0.25) is 0 Å². The molecule has 8 heteroatoms. The maximum atomic E-state index is 10.4. The number of aliphatic hydroxyl groups is 2. The molecule has 3 rings (SSSR count). The highest BCUT2D eigenvalue weighted by atomic mass is 16.5. The molecule has 2 unspecified atom stereocenters. The Bertz CT molecular complexity index is 531. The predicted molar refractivity (Wildman–Crippen MR) is 105 cm³/mol. The molecule has 27 heavy (non-hydrogen) atoms. The van der Waals surface area contributed by atoms with Crippen LogP contribution in [0, 0.1) is 6.92 Å². The summed E-state index contributed by atoms with van der Waals surface area (Å²) in [6.45, 7) is 8.63. The number of aliphatic hydroxyl groups excluding tert-OH is 2. The van der Waals surface area contributed by atoms with E-state index in [1.807, 2.05) is 34.9 Å². The molecule has 2 atom stereocenters. The van der Waals surface area contributed by atoms with Crippen molar-refractivity contribution in [2.75, 3.05) is 76.3 Å². The number of ether oxygens (including phenoxy) is 2. The van der Waals surface area contributed by atoms with Gasteiger partial charge in [-0.1, -0.05) is 6.07 Å². The molecule has 0 amide bonds. The minimum Gasteiger partial charge on any atom is -0.381 e. The Morgan fingerprint density at radius 1 is 0.852 bits per heavy atom. The van der Waals surface area contributed by atoms with Crippen LogP contribution < -0.4 is 10.6 Å². The average molecular weight is 380 g/mol. The van der Waals surface area contributed by atoms with Crippen molar-refractivity contribution in [3.05, 3.63) is 23.8 Å². The van der Waals surface area contributed by atoms with Crippen LogP contribution >= 0.6 is 0 Å². The minimum absolute atomic E-state index is 0.459. The summed E-state index contributed by atoms with van der Waals surface area (Å²) in [5.41, 5.74) is 3.03. The van der Waals surface area contributed by atoms with Crippen molar-refractivity contribution in [2.24, 2.45) is 0 Å². The quantitative estimate of drug-likeness (QED) is 0.506. The molecular formula is C19H32N4O4. The van der Waals surface area contributed by atoms with Gasteiger partial charge in [0.15, 0.2) is 0 Å². The van der Waals surface area contributed by atoms with Crippen LogP contribution in [0.1, 0.15) is 5.56 Å². The summed E-state index contributed by atoms with van der Waals surface area (Å²) in [6, 6.07) is 5.98. The summed E-state index contributed by atoms with van der Waals surface area (Å²) in [5, 5.41) is 27.4. The van der Waals surface area contributed by atoms with Crippen LogP contribution in [0.3, 0.4) is 0 Å². The zero-order valence-electron chi connectivity index (χ0n) is 16.1. The molecule has 2 fully saturated rings. The monoisotopic (exact) mass is 380 g/mol. The van der Waals surface area contributed by atoms with E-state index in [1.54, 1.807) is 0 Å². The molecule has 0 aliphatic carbocycles. The first kappa shape index (κ1) is 20.3. The van der Waals surface area contributed by atoms with E-state index < -0.39 is 12.5 Å². The van der Waals surface area contributed by atoms with E-state index in [9.17, 15) is 10.2 Å². The molecule has 1 aromatic carbocycles. The second kappa shape index (κ2) is 10.2. The first-order valence-corrected chi connectivity index (χ1v) is 9.72. The molecule has 0 spiro atoms. The van der Waals surface area contributed by atoms with E-state index in [0.717, 1.165) is 43.1 Å². The van der Waals surface area contributed by atoms with Crippen molar-refractivity contribution in [1.82, 2.24) is 9.80 Å². The smallest absolute Gasteiger partial charge is 0.124 e. The van der Waals surface area contributed by atoms with Gasteiger partial charge in [0.05, 0.1) is 39.5 Å².